The molecule has 2 aliphatic rings. The molecule has 4 rings (SSSR count). The average Bonchev–Trinajstić information content (AvgIpc) is 3.25. The first kappa shape index (κ1) is 26.9. The maximum absolute atomic E-state index is 13.8. The predicted molar refractivity (Wildman–Crippen MR) is 140 cm³/mol. The SMILES string of the molecule is COC(=O)c1ccc(N2C(=O)CC(N(CCC3=CCCCC3)C(=O)c3ccc(OC)c(OC)c3)C2=O)cc1. The Hall–Kier alpha value is -4.14. The molecule has 38 heavy (non-hydrogen) atoms. The van der Waals surface area contributed by atoms with Crippen molar-refractivity contribution in [3.8, 4) is 11.5 Å². The average molecular weight is 521 g/mol. The van der Waals surface area contributed by atoms with Gasteiger partial charge in [0.1, 0.15) is 6.04 Å². The maximum atomic E-state index is 13.8. The smallest absolute Gasteiger partial charge is 0.337 e. The summed E-state index contributed by atoms with van der Waals surface area (Å²) in [5.41, 5.74) is 2.23. The summed E-state index contributed by atoms with van der Waals surface area (Å²) >= 11 is 0. The number of esters is 1. The second kappa shape index (κ2) is 11.9. The molecule has 1 aliphatic heterocycles. The Bertz CT molecular complexity index is 1250. The number of hydrogen-bond acceptors (Lipinski definition) is 7. The zero-order valence-corrected chi connectivity index (χ0v) is 21.9. The molecule has 0 N–H and O–H groups in total. The van der Waals surface area contributed by atoms with Crippen molar-refractivity contribution in [3.05, 3.63) is 65.2 Å². The quantitative estimate of drug-likeness (QED) is 0.278. The van der Waals surface area contributed by atoms with Crippen LogP contribution in [-0.4, -0.2) is 62.5 Å². The van der Waals surface area contributed by atoms with Crippen molar-refractivity contribution in [2.24, 2.45) is 0 Å². The topological polar surface area (TPSA) is 102 Å². The summed E-state index contributed by atoms with van der Waals surface area (Å²) < 4.78 is 15.4. The van der Waals surface area contributed by atoms with Crippen molar-refractivity contribution in [1.29, 1.82) is 0 Å². The number of nitrogens with zero attached hydrogens (tertiary/aromatic N) is 2. The highest BCUT2D eigenvalue weighted by molar-refractivity contribution is 6.23. The van der Waals surface area contributed by atoms with Gasteiger partial charge in [-0.2, -0.15) is 0 Å². The number of allylic oxidation sites excluding steroid dienone is 1. The van der Waals surface area contributed by atoms with Crippen molar-refractivity contribution in [3.63, 3.8) is 0 Å². The fourth-order valence-electron chi connectivity index (χ4n) is 4.92. The van der Waals surface area contributed by atoms with E-state index in [-0.39, 0.29) is 12.3 Å². The number of amides is 3. The van der Waals surface area contributed by atoms with Crippen LogP contribution < -0.4 is 14.4 Å². The van der Waals surface area contributed by atoms with Crippen molar-refractivity contribution in [2.45, 2.75) is 44.6 Å². The van der Waals surface area contributed by atoms with Gasteiger partial charge in [-0.05, 0) is 74.6 Å². The second-order valence-corrected chi connectivity index (χ2v) is 9.25. The molecule has 1 aliphatic carbocycles. The van der Waals surface area contributed by atoms with Crippen molar-refractivity contribution in [1.82, 2.24) is 4.90 Å². The minimum Gasteiger partial charge on any atom is -0.493 e. The summed E-state index contributed by atoms with van der Waals surface area (Å²) in [5.74, 6) is -0.889. The molecule has 1 saturated heterocycles. The second-order valence-electron chi connectivity index (χ2n) is 9.25. The van der Waals surface area contributed by atoms with Crippen LogP contribution in [0, 0.1) is 0 Å². The highest BCUT2D eigenvalue weighted by atomic mass is 16.5. The molecule has 2 aromatic rings. The molecule has 1 heterocycles. The minimum absolute atomic E-state index is 0.129. The molecular weight excluding hydrogens is 488 g/mol. The van der Waals surface area contributed by atoms with Crippen LogP contribution in [0.5, 0.6) is 11.5 Å². The third kappa shape index (κ3) is 5.56. The number of carbonyl (C=O) groups excluding carboxylic acids is 4. The van der Waals surface area contributed by atoms with E-state index in [1.807, 2.05) is 0 Å². The van der Waals surface area contributed by atoms with Crippen LogP contribution in [0.15, 0.2) is 54.1 Å². The molecule has 0 radical (unpaired) electrons. The number of imide groups is 1. The summed E-state index contributed by atoms with van der Waals surface area (Å²) in [6.07, 6.45) is 6.94. The number of methoxy groups -OCH3 is 3. The third-order valence-corrected chi connectivity index (χ3v) is 7.00. The molecule has 1 fully saturated rings. The van der Waals surface area contributed by atoms with Gasteiger partial charge in [0.05, 0.1) is 39.0 Å². The summed E-state index contributed by atoms with van der Waals surface area (Å²) in [5, 5.41) is 0. The van der Waals surface area contributed by atoms with Crippen molar-refractivity contribution < 1.29 is 33.4 Å². The monoisotopic (exact) mass is 520 g/mol. The van der Waals surface area contributed by atoms with E-state index in [9.17, 15) is 19.2 Å². The Labute approximate surface area is 221 Å². The van der Waals surface area contributed by atoms with Gasteiger partial charge in [0.25, 0.3) is 11.8 Å². The molecule has 0 saturated carbocycles. The first-order valence-corrected chi connectivity index (χ1v) is 12.6. The molecule has 0 spiro atoms. The molecule has 9 nitrogen and oxygen atoms in total. The number of rotatable bonds is 9. The fraction of sp³-hybridized carbons (Fsp3) is 0.379. The van der Waals surface area contributed by atoms with Crippen LogP contribution in [0.25, 0.3) is 0 Å². The molecule has 1 unspecified atom stereocenters. The van der Waals surface area contributed by atoms with E-state index in [0.717, 1.165) is 30.6 Å². The standard InChI is InChI=1S/C29H32N2O7/c1-36-24-14-11-21(17-25(24)37-2)27(33)30(16-15-19-7-5-4-6-8-19)23-18-26(32)31(28(23)34)22-12-9-20(10-13-22)29(35)38-3/h7,9-14,17,23H,4-6,8,15-16,18H2,1-3H3. The molecule has 0 aromatic heterocycles. The highest BCUT2D eigenvalue weighted by Gasteiger charge is 2.44. The van der Waals surface area contributed by atoms with Gasteiger partial charge in [0, 0.05) is 12.1 Å². The van der Waals surface area contributed by atoms with Crippen LogP contribution in [0.1, 0.15) is 59.2 Å². The van der Waals surface area contributed by atoms with E-state index < -0.39 is 23.8 Å². The Morgan fingerprint density at radius 1 is 0.947 bits per heavy atom. The van der Waals surface area contributed by atoms with Crippen molar-refractivity contribution in [2.75, 3.05) is 32.8 Å². The van der Waals surface area contributed by atoms with Crippen LogP contribution in [-0.2, 0) is 14.3 Å². The Balaban J connectivity index is 1.63. The van der Waals surface area contributed by atoms with Gasteiger partial charge in [0.2, 0.25) is 5.91 Å². The molecule has 1 atom stereocenters. The fourth-order valence-corrected chi connectivity index (χ4v) is 4.92. The van der Waals surface area contributed by atoms with E-state index in [4.69, 9.17) is 14.2 Å². The molecule has 9 heteroatoms. The zero-order chi connectivity index (χ0) is 27.2. The normalized spacial score (nSPS) is 17.2. The van der Waals surface area contributed by atoms with Gasteiger partial charge in [0.15, 0.2) is 11.5 Å². The summed E-state index contributed by atoms with van der Waals surface area (Å²) in [6, 6.07) is 9.95. The Kier molecular flexibility index (Phi) is 8.45. The van der Waals surface area contributed by atoms with E-state index >= 15 is 0 Å². The van der Waals surface area contributed by atoms with Crippen molar-refractivity contribution >= 4 is 29.4 Å². The van der Waals surface area contributed by atoms with Crippen LogP contribution in [0.2, 0.25) is 0 Å². The minimum atomic E-state index is -0.951. The van der Waals surface area contributed by atoms with E-state index in [2.05, 4.69) is 6.08 Å². The molecule has 0 bridgehead atoms. The third-order valence-electron chi connectivity index (χ3n) is 7.00. The lowest BCUT2D eigenvalue weighted by molar-refractivity contribution is -0.122. The lowest BCUT2D eigenvalue weighted by Gasteiger charge is -2.29. The first-order valence-electron chi connectivity index (χ1n) is 12.6. The van der Waals surface area contributed by atoms with Gasteiger partial charge in [-0.3, -0.25) is 14.4 Å². The zero-order valence-electron chi connectivity index (χ0n) is 21.9. The lowest BCUT2D eigenvalue weighted by atomic mass is 9.96. The van der Waals surface area contributed by atoms with E-state index in [0.29, 0.717) is 41.3 Å². The highest BCUT2D eigenvalue weighted by Crippen LogP contribution is 2.31. The van der Waals surface area contributed by atoms with Gasteiger partial charge in [-0.1, -0.05) is 11.6 Å². The molecule has 3 amide bonds. The van der Waals surface area contributed by atoms with E-state index in [1.54, 1.807) is 18.2 Å². The van der Waals surface area contributed by atoms with Crippen LogP contribution >= 0.6 is 0 Å². The number of benzene rings is 2. The van der Waals surface area contributed by atoms with Crippen LogP contribution in [0.3, 0.4) is 0 Å². The number of ether oxygens (including phenoxy) is 3. The van der Waals surface area contributed by atoms with Gasteiger partial charge in [-0.15, -0.1) is 0 Å². The summed E-state index contributed by atoms with van der Waals surface area (Å²) in [6.45, 7) is 0.303. The molecule has 200 valence electrons. The largest absolute Gasteiger partial charge is 0.493 e. The lowest BCUT2D eigenvalue weighted by Crippen LogP contribution is -2.46. The van der Waals surface area contributed by atoms with Gasteiger partial charge in [-0.25, -0.2) is 9.69 Å². The predicted octanol–water partition coefficient (Wildman–Crippen LogP) is 4.16. The van der Waals surface area contributed by atoms with Crippen LogP contribution in [0.4, 0.5) is 5.69 Å². The molecule has 2 aromatic carbocycles. The number of anilines is 1. The Morgan fingerprint density at radius 3 is 2.29 bits per heavy atom. The first-order chi connectivity index (χ1) is 18.4. The molecular formula is C29H32N2O7. The number of hydrogen-bond donors (Lipinski definition) is 0. The van der Waals surface area contributed by atoms with Gasteiger partial charge < -0.3 is 19.1 Å². The Morgan fingerprint density at radius 2 is 1.66 bits per heavy atom. The maximum Gasteiger partial charge on any atom is 0.337 e. The number of carbonyl (C=O) groups is 4. The summed E-state index contributed by atoms with van der Waals surface area (Å²) in [4.78, 5) is 54.8. The van der Waals surface area contributed by atoms with E-state index in [1.165, 1.54) is 56.1 Å². The summed E-state index contributed by atoms with van der Waals surface area (Å²) in [7, 11) is 4.28. The van der Waals surface area contributed by atoms with Gasteiger partial charge >= 0.3 is 5.97 Å².